The predicted octanol–water partition coefficient (Wildman–Crippen LogP) is 4.78. The van der Waals surface area contributed by atoms with Gasteiger partial charge in [0.2, 0.25) is 5.91 Å². The van der Waals surface area contributed by atoms with Crippen LogP contribution in [-0.4, -0.2) is 15.0 Å². The van der Waals surface area contributed by atoms with Gasteiger partial charge in [0.1, 0.15) is 11.4 Å². The maximum atomic E-state index is 13.3. The number of anilines is 1. The van der Waals surface area contributed by atoms with Crippen molar-refractivity contribution < 1.29 is 4.79 Å². The molecule has 0 aliphatic heterocycles. The fourth-order valence-corrected chi connectivity index (χ4v) is 4.66. The van der Waals surface area contributed by atoms with Gasteiger partial charge in [0, 0.05) is 20.6 Å². The summed E-state index contributed by atoms with van der Waals surface area (Å²) in [7, 11) is 0. The molecule has 9 heteroatoms. The summed E-state index contributed by atoms with van der Waals surface area (Å²) in [5.41, 5.74) is 0.681. The summed E-state index contributed by atoms with van der Waals surface area (Å²) in [5, 5.41) is 4.05. The molecule has 1 N–H and O–H groups in total. The van der Waals surface area contributed by atoms with Crippen LogP contribution in [0.25, 0.3) is 15.9 Å². The Bertz CT molecular complexity index is 1450. The molecular formula is C22H17Cl2N3O3S. The molecule has 0 aliphatic carbocycles. The van der Waals surface area contributed by atoms with Crippen molar-refractivity contribution >= 4 is 56.3 Å². The lowest BCUT2D eigenvalue weighted by Crippen LogP contribution is -2.40. The Hall–Kier alpha value is -2.87. The summed E-state index contributed by atoms with van der Waals surface area (Å²) in [6.45, 7) is 3.43. The van der Waals surface area contributed by atoms with Crippen molar-refractivity contribution in [3.8, 4) is 5.69 Å². The maximum absolute atomic E-state index is 13.3. The molecule has 0 saturated heterocycles. The van der Waals surface area contributed by atoms with Gasteiger partial charge in [-0.2, -0.15) is 0 Å². The Morgan fingerprint density at radius 3 is 2.52 bits per heavy atom. The molecular weight excluding hydrogens is 457 g/mol. The second-order valence-corrected chi connectivity index (χ2v) is 9.18. The van der Waals surface area contributed by atoms with Crippen LogP contribution in [0, 0.1) is 13.8 Å². The van der Waals surface area contributed by atoms with Crippen molar-refractivity contribution in [2.24, 2.45) is 0 Å². The summed E-state index contributed by atoms with van der Waals surface area (Å²) in [5.74, 6) is -0.406. The third-order valence-electron chi connectivity index (χ3n) is 4.78. The number of halogens is 2. The number of hydrogen-bond acceptors (Lipinski definition) is 4. The SMILES string of the molecule is Cc1cc2c(=O)n(-c3cccc(Cl)c3)c(=O)n(CC(=O)Nc3cc(Cl)ccc3C)c2s1. The number of aromatic nitrogens is 2. The van der Waals surface area contributed by atoms with Crippen LogP contribution in [0.15, 0.2) is 58.1 Å². The summed E-state index contributed by atoms with van der Waals surface area (Å²) in [4.78, 5) is 40.5. The van der Waals surface area contributed by atoms with E-state index in [-0.39, 0.29) is 6.54 Å². The van der Waals surface area contributed by atoms with Crippen molar-refractivity contribution in [3.05, 3.63) is 89.9 Å². The highest BCUT2D eigenvalue weighted by Crippen LogP contribution is 2.23. The average Bonchev–Trinajstić information content (AvgIpc) is 3.10. The van der Waals surface area contributed by atoms with Crippen molar-refractivity contribution in [3.63, 3.8) is 0 Å². The second kappa shape index (κ2) is 8.34. The number of rotatable bonds is 4. The first-order chi connectivity index (χ1) is 14.7. The molecule has 2 heterocycles. The Morgan fingerprint density at radius 2 is 1.77 bits per heavy atom. The number of benzene rings is 2. The Morgan fingerprint density at radius 1 is 1.03 bits per heavy atom. The van der Waals surface area contributed by atoms with E-state index in [2.05, 4.69) is 5.32 Å². The van der Waals surface area contributed by atoms with Gasteiger partial charge in [-0.15, -0.1) is 11.3 Å². The number of carbonyl (C=O) groups is 1. The van der Waals surface area contributed by atoms with Crippen LogP contribution in [0.3, 0.4) is 0 Å². The van der Waals surface area contributed by atoms with Crippen LogP contribution in [0.5, 0.6) is 0 Å². The summed E-state index contributed by atoms with van der Waals surface area (Å²) in [6.07, 6.45) is 0. The van der Waals surface area contributed by atoms with Gasteiger partial charge in [0.15, 0.2) is 0 Å². The zero-order valence-corrected chi connectivity index (χ0v) is 18.9. The number of nitrogens with zero attached hydrogens (tertiary/aromatic N) is 2. The van der Waals surface area contributed by atoms with Gasteiger partial charge in [0.05, 0.1) is 11.1 Å². The second-order valence-electron chi connectivity index (χ2n) is 7.07. The molecule has 2 aromatic carbocycles. The average molecular weight is 474 g/mol. The molecule has 0 fully saturated rings. The van der Waals surface area contributed by atoms with E-state index in [0.29, 0.717) is 31.6 Å². The van der Waals surface area contributed by atoms with E-state index < -0.39 is 17.2 Å². The molecule has 6 nitrogen and oxygen atoms in total. The van der Waals surface area contributed by atoms with E-state index in [1.165, 1.54) is 22.0 Å². The monoisotopic (exact) mass is 473 g/mol. The van der Waals surface area contributed by atoms with Gasteiger partial charge >= 0.3 is 5.69 Å². The fraction of sp³-hybridized carbons (Fsp3) is 0.136. The summed E-state index contributed by atoms with van der Waals surface area (Å²) in [6, 6.07) is 13.4. The van der Waals surface area contributed by atoms with Crippen LogP contribution in [0.2, 0.25) is 10.0 Å². The molecule has 0 bridgehead atoms. The minimum absolute atomic E-state index is 0.262. The Labute approximate surface area is 191 Å². The number of fused-ring (bicyclic) bond motifs is 1. The van der Waals surface area contributed by atoms with Gasteiger partial charge in [0.25, 0.3) is 5.56 Å². The van der Waals surface area contributed by atoms with E-state index in [1.54, 1.807) is 42.5 Å². The van der Waals surface area contributed by atoms with E-state index in [1.807, 2.05) is 13.8 Å². The number of nitrogens with one attached hydrogen (secondary N) is 1. The van der Waals surface area contributed by atoms with Crippen molar-refractivity contribution in [2.75, 3.05) is 5.32 Å². The lowest BCUT2D eigenvalue weighted by atomic mass is 10.2. The highest BCUT2D eigenvalue weighted by atomic mass is 35.5. The van der Waals surface area contributed by atoms with E-state index >= 15 is 0 Å². The van der Waals surface area contributed by atoms with Crippen LogP contribution in [0.1, 0.15) is 10.4 Å². The van der Waals surface area contributed by atoms with Crippen LogP contribution in [0.4, 0.5) is 5.69 Å². The third-order valence-corrected chi connectivity index (χ3v) is 6.32. The quantitative estimate of drug-likeness (QED) is 0.463. The lowest BCUT2D eigenvalue weighted by Gasteiger charge is -2.13. The molecule has 0 radical (unpaired) electrons. The minimum Gasteiger partial charge on any atom is -0.324 e. The normalized spacial score (nSPS) is 11.1. The fourth-order valence-electron chi connectivity index (χ4n) is 3.32. The molecule has 158 valence electrons. The van der Waals surface area contributed by atoms with Gasteiger partial charge < -0.3 is 5.32 Å². The van der Waals surface area contributed by atoms with Gasteiger partial charge in [-0.25, -0.2) is 9.36 Å². The molecule has 0 aliphatic rings. The Balaban J connectivity index is 1.84. The minimum atomic E-state index is -0.611. The van der Waals surface area contributed by atoms with E-state index in [9.17, 15) is 14.4 Å². The van der Waals surface area contributed by atoms with Crippen LogP contribution < -0.4 is 16.6 Å². The maximum Gasteiger partial charge on any atom is 0.337 e. The van der Waals surface area contributed by atoms with Crippen molar-refractivity contribution in [1.29, 1.82) is 0 Å². The smallest absolute Gasteiger partial charge is 0.324 e. The standard InChI is InChI=1S/C22H17Cl2N3O3S/c1-12-6-7-15(24)10-18(12)25-19(28)11-26-21-17(8-13(2)31-21)20(29)27(22(26)30)16-5-3-4-14(23)9-16/h3-10H,11H2,1-2H3,(H,25,28). The highest BCUT2D eigenvalue weighted by molar-refractivity contribution is 7.18. The van der Waals surface area contributed by atoms with Crippen molar-refractivity contribution in [1.82, 2.24) is 9.13 Å². The lowest BCUT2D eigenvalue weighted by molar-refractivity contribution is -0.116. The Kier molecular flexibility index (Phi) is 5.75. The molecule has 4 aromatic rings. The predicted molar refractivity (Wildman–Crippen MR) is 126 cm³/mol. The molecule has 1 amide bonds. The molecule has 0 atom stereocenters. The zero-order valence-electron chi connectivity index (χ0n) is 16.6. The third kappa shape index (κ3) is 4.17. The number of hydrogen-bond donors (Lipinski definition) is 1. The first-order valence-corrected chi connectivity index (χ1v) is 10.9. The van der Waals surface area contributed by atoms with Crippen molar-refractivity contribution in [2.45, 2.75) is 20.4 Å². The first-order valence-electron chi connectivity index (χ1n) is 9.32. The topological polar surface area (TPSA) is 73.1 Å². The van der Waals surface area contributed by atoms with Crippen LogP contribution in [-0.2, 0) is 11.3 Å². The molecule has 0 saturated carbocycles. The van der Waals surface area contributed by atoms with E-state index in [0.717, 1.165) is 15.0 Å². The molecule has 0 spiro atoms. The summed E-state index contributed by atoms with van der Waals surface area (Å²) >= 11 is 13.4. The highest BCUT2D eigenvalue weighted by Gasteiger charge is 2.19. The largest absolute Gasteiger partial charge is 0.337 e. The molecule has 31 heavy (non-hydrogen) atoms. The summed E-state index contributed by atoms with van der Waals surface area (Å²) < 4.78 is 2.35. The zero-order chi connectivity index (χ0) is 22.3. The molecule has 4 rings (SSSR count). The number of carbonyl (C=O) groups excluding carboxylic acids is 1. The molecule has 2 aromatic heterocycles. The number of aryl methyl sites for hydroxylation is 2. The number of amides is 1. The van der Waals surface area contributed by atoms with Gasteiger partial charge in [-0.3, -0.25) is 14.2 Å². The molecule has 0 unspecified atom stereocenters. The van der Waals surface area contributed by atoms with Gasteiger partial charge in [-0.05, 0) is 55.8 Å². The van der Waals surface area contributed by atoms with Gasteiger partial charge in [-0.1, -0.05) is 35.3 Å². The first kappa shape index (κ1) is 21.4. The van der Waals surface area contributed by atoms with Crippen LogP contribution >= 0.6 is 34.5 Å². The number of thiophene rings is 1. The van der Waals surface area contributed by atoms with E-state index in [4.69, 9.17) is 23.2 Å².